The van der Waals surface area contributed by atoms with E-state index < -0.39 is 0 Å². The lowest BCUT2D eigenvalue weighted by molar-refractivity contribution is -0.117. The van der Waals surface area contributed by atoms with Crippen LogP contribution in [0.5, 0.6) is 0 Å². The molecule has 1 aliphatic rings. The van der Waals surface area contributed by atoms with Crippen LogP contribution in [0, 0.1) is 0 Å². The molecule has 0 amide bonds. The van der Waals surface area contributed by atoms with Gasteiger partial charge in [-0.3, -0.25) is 4.79 Å². The van der Waals surface area contributed by atoms with Crippen LogP contribution in [0.15, 0.2) is 47.8 Å². The fraction of sp³-hybridized carbons (Fsp3) is 0.640. The van der Waals surface area contributed by atoms with Crippen molar-refractivity contribution in [3.05, 3.63) is 47.8 Å². The van der Waals surface area contributed by atoms with Crippen molar-refractivity contribution in [3.63, 3.8) is 0 Å². The molecule has 0 fully saturated rings. The van der Waals surface area contributed by atoms with Crippen LogP contribution in [0.1, 0.15) is 103 Å². The molecular weight excluding hydrogens is 332 g/mol. The highest BCUT2D eigenvalue weighted by Crippen LogP contribution is 2.16. The minimum atomic E-state index is -0.194. The van der Waals surface area contributed by atoms with Gasteiger partial charge < -0.3 is 5.11 Å². The number of carbonyl (C=O) groups is 1. The highest BCUT2D eigenvalue weighted by molar-refractivity contribution is 5.95. The van der Waals surface area contributed by atoms with Gasteiger partial charge in [0.25, 0.3) is 0 Å². The maximum Gasteiger partial charge on any atom is 0.201 e. The van der Waals surface area contributed by atoms with E-state index in [1.54, 1.807) is 0 Å². The molecule has 0 aromatic rings. The molecule has 1 N–H and O–H groups in total. The molecule has 0 heterocycles. The van der Waals surface area contributed by atoms with E-state index in [-0.39, 0.29) is 11.5 Å². The number of hydrogen-bond acceptors (Lipinski definition) is 2. The van der Waals surface area contributed by atoms with Crippen molar-refractivity contribution in [1.82, 2.24) is 0 Å². The molecule has 27 heavy (non-hydrogen) atoms. The van der Waals surface area contributed by atoms with E-state index in [2.05, 4.69) is 13.0 Å². The summed E-state index contributed by atoms with van der Waals surface area (Å²) in [6.45, 7) is 2.27. The first-order valence-electron chi connectivity index (χ1n) is 11.2. The number of unbranched alkanes of at least 4 members (excludes halogenated alkanes) is 12. The van der Waals surface area contributed by atoms with E-state index >= 15 is 0 Å². The molecule has 0 atom stereocenters. The smallest absolute Gasteiger partial charge is 0.201 e. The topological polar surface area (TPSA) is 37.3 Å². The number of allylic oxidation sites excluding steroid dienone is 8. The standard InChI is InChI=1S/C25H40O2/c1-2-3-4-5-6-7-8-9-10-11-12-13-14-15-16-21-24(26)25(27)22-23-19-17-18-20-23/h15-19,21,26H,2-14,20,22H2,1H3. The van der Waals surface area contributed by atoms with Gasteiger partial charge in [-0.2, -0.15) is 0 Å². The number of aliphatic hydroxyl groups is 1. The van der Waals surface area contributed by atoms with Gasteiger partial charge in [-0.25, -0.2) is 0 Å². The molecule has 0 aromatic carbocycles. The maximum atomic E-state index is 11.9. The van der Waals surface area contributed by atoms with E-state index in [1.165, 1.54) is 83.1 Å². The van der Waals surface area contributed by atoms with Gasteiger partial charge in [0.1, 0.15) is 0 Å². The normalized spacial score (nSPS) is 14.3. The molecule has 0 radical (unpaired) electrons. The van der Waals surface area contributed by atoms with Crippen molar-refractivity contribution in [1.29, 1.82) is 0 Å². The number of rotatable bonds is 17. The summed E-state index contributed by atoms with van der Waals surface area (Å²) in [6.07, 6.45) is 29.8. The predicted molar refractivity (Wildman–Crippen MR) is 117 cm³/mol. The Morgan fingerprint density at radius 3 is 2.11 bits per heavy atom. The Morgan fingerprint density at radius 2 is 1.56 bits per heavy atom. The van der Waals surface area contributed by atoms with Crippen molar-refractivity contribution < 1.29 is 9.90 Å². The second-order valence-electron chi connectivity index (χ2n) is 7.71. The lowest BCUT2D eigenvalue weighted by Gasteiger charge is -2.02. The summed E-state index contributed by atoms with van der Waals surface area (Å²) in [5.41, 5.74) is 1.07. The summed E-state index contributed by atoms with van der Waals surface area (Å²) in [5.74, 6) is -0.325. The second-order valence-corrected chi connectivity index (χ2v) is 7.71. The third-order valence-electron chi connectivity index (χ3n) is 5.14. The molecule has 0 aliphatic heterocycles. The quantitative estimate of drug-likeness (QED) is 0.122. The molecule has 2 heteroatoms. The zero-order valence-corrected chi connectivity index (χ0v) is 17.4. The average molecular weight is 373 g/mol. The van der Waals surface area contributed by atoms with Crippen LogP contribution in [0.3, 0.4) is 0 Å². The third-order valence-corrected chi connectivity index (χ3v) is 5.14. The van der Waals surface area contributed by atoms with E-state index in [9.17, 15) is 9.90 Å². The largest absolute Gasteiger partial charge is 0.504 e. The molecule has 0 spiro atoms. The van der Waals surface area contributed by atoms with Gasteiger partial charge >= 0.3 is 0 Å². The highest BCUT2D eigenvalue weighted by atomic mass is 16.3. The Hall–Kier alpha value is -1.57. The summed E-state index contributed by atoms with van der Waals surface area (Å²) in [5, 5.41) is 9.79. The zero-order valence-electron chi connectivity index (χ0n) is 17.4. The molecule has 0 unspecified atom stereocenters. The maximum absolute atomic E-state index is 11.9. The molecule has 0 aromatic heterocycles. The lowest BCUT2D eigenvalue weighted by atomic mass is 10.0. The monoisotopic (exact) mass is 372 g/mol. The summed E-state index contributed by atoms with van der Waals surface area (Å²) in [4.78, 5) is 11.9. The first kappa shape index (κ1) is 23.5. The molecule has 0 saturated heterocycles. The van der Waals surface area contributed by atoms with Crippen molar-refractivity contribution >= 4 is 5.78 Å². The summed E-state index contributed by atoms with van der Waals surface area (Å²) in [6, 6.07) is 0. The van der Waals surface area contributed by atoms with Gasteiger partial charge in [-0.15, -0.1) is 0 Å². The fourth-order valence-electron chi connectivity index (χ4n) is 3.37. The minimum Gasteiger partial charge on any atom is -0.504 e. The van der Waals surface area contributed by atoms with Gasteiger partial charge in [0.2, 0.25) is 5.78 Å². The van der Waals surface area contributed by atoms with Gasteiger partial charge in [0.05, 0.1) is 0 Å². The predicted octanol–water partition coefficient (Wildman–Crippen LogP) is 7.92. The average Bonchev–Trinajstić information content (AvgIpc) is 3.17. The molecule has 1 rings (SSSR count). The van der Waals surface area contributed by atoms with Crippen LogP contribution in [-0.4, -0.2) is 10.9 Å². The number of ketones is 1. The van der Waals surface area contributed by atoms with Gasteiger partial charge in [0.15, 0.2) is 5.76 Å². The minimum absolute atomic E-state index is 0.131. The van der Waals surface area contributed by atoms with Crippen molar-refractivity contribution in [3.8, 4) is 0 Å². The Kier molecular flexibility index (Phi) is 14.4. The number of carbonyl (C=O) groups excluding carboxylic acids is 1. The Balaban J connectivity index is 1.91. The first-order chi connectivity index (χ1) is 13.2. The van der Waals surface area contributed by atoms with Crippen molar-refractivity contribution in [2.75, 3.05) is 0 Å². The lowest BCUT2D eigenvalue weighted by Crippen LogP contribution is -2.02. The SMILES string of the molecule is CCCCCCCCCCCCCCC=CC=C(O)C(=O)CC1=CC=CC1. The zero-order chi connectivity index (χ0) is 19.6. The summed E-state index contributed by atoms with van der Waals surface area (Å²) in [7, 11) is 0. The van der Waals surface area contributed by atoms with Gasteiger partial charge in [0, 0.05) is 6.42 Å². The van der Waals surface area contributed by atoms with E-state index in [1.807, 2.05) is 24.3 Å². The summed E-state index contributed by atoms with van der Waals surface area (Å²) >= 11 is 0. The number of hydrogen-bond donors (Lipinski definition) is 1. The Labute approximate surface area is 167 Å². The van der Waals surface area contributed by atoms with Crippen LogP contribution in [0.25, 0.3) is 0 Å². The van der Waals surface area contributed by atoms with E-state index in [0.717, 1.165) is 18.4 Å². The molecular formula is C25H40O2. The Morgan fingerprint density at radius 1 is 0.963 bits per heavy atom. The molecule has 0 saturated carbocycles. The van der Waals surface area contributed by atoms with Crippen LogP contribution < -0.4 is 0 Å². The molecule has 1 aliphatic carbocycles. The van der Waals surface area contributed by atoms with Gasteiger partial charge in [-0.1, -0.05) is 114 Å². The van der Waals surface area contributed by atoms with Crippen molar-refractivity contribution in [2.45, 2.75) is 103 Å². The second kappa shape index (κ2) is 16.6. The number of Topliss-reactive ketones (excluding diaryl/α,β-unsaturated/α-hetero) is 1. The fourth-order valence-corrected chi connectivity index (χ4v) is 3.37. The van der Waals surface area contributed by atoms with Crippen LogP contribution in [-0.2, 0) is 4.79 Å². The van der Waals surface area contributed by atoms with Crippen LogP contribution in [0.2, 0.25) is 0 Å². The molecule has 152 valence electrons. The highest BCUT2D eigenvalue weighted by Gasteiger charge is 2.10. The Bertz CT molecular complexity index is 508. The number of aliphatic hydroxyl groups excluding tert-OH is 1. The molecule has 2 nitrogen and oxygen atoms in total. The van der Waals surface area contributed by atoms with Gasteiger partial charge in [-0.05, 0) is 25.3 Å². The summed E-state index contributed by atoms with van der Waals surface area (Å²) < 4.78 is 0. The van der Waals surface area contributed by atoms with E-state index in [4.69, 9.17) is 0 Å². The van der Waals surface area contributed by atoms with Crippen LogP contribution in [0.4, 0.5) is 0 Å². The van der Waals surface area contributed by atoms with Crippen molar-refractivity contribution in [2.24, 2.45) is 0 Å². The molecule has 0 bridgehead atoms. The third kappa shape index (κ3) is 13.3. The van der Waals surface area contributed by atoms with Crippen LogP contribution >= 0.6 is 0 Å². The van der Waals surface area contributed by atoms with E-state index in [0.29, 0.717) is 6.42 Å². The first-order valence-corrected chi connectivity index (χ1v) is 11.2.